The van der Waals surface area contributed by atoms with Gasteiger partial charge in [-0.1, -0.05) is 48.0 Å². The fourth-order valence-electron chi connectivity index (χ4n) is 4.51. The maximum Gasteiger partial charge on any atom is 0.281 e. The van der Waals surface area contributed by atoms with Gasteiger partial charge < -0.3 is 10.6 Å². The van der Waals surface area contributed by atoms with Crippen LogP contribution in [-0.2, 0) is 10.0 Å². The van der Waals surface area contributed by atoms with Crippen molar-refractivity contribution in [3.8, 4) is 0 Å². The molecule has 2 atom stereocenters. The van der Waals surface area contributed by atoms with E-state index in [0.29, 0.717) is 11.7 Å². The minimum absolute atomic E-state index is 0.0363. The highest BCUT2D eigenvalue weighted by Gasteiger charge is 2.30. The average molecular weight is 528 g/mol. The van der Waals surface area contributed by atoms with Crippen LogP contribution in [0.2, 0.25) is 5.15 Å². The first-order chi connectivity index (χ1) is 17.1. The van der Waals surface area contributed by atoms with E-state index < -0.39 is 15.9 Å². The second-order valence-electron chi connectivity index (χ2n) is 9.66. The number of nitrogens with zero attached hydrogens (tertiary/aromatic N) is 2. The molecule has 0 saturated carbocycles. The second-order valence-corrected chi connectivity index (χ2v) is 11.6. The Kier molecular flexibility index (Phi) is 7.92. The molecule has 0 bridgehead atoms. The Labute approximate surface area is 217 Å². The largest absolute Gasteiger partial charge is 0.363 e. The summed E-state index contributed by atoms with van der Waals surface area (Å²) >= 11 is 5.93. The third-order valence-electron chi connectivity index (χ3n) is 6.29. The van der Waals surface area contributed by atoms with Crippen molar-refractivity contribution in [3.63, 3.8) is 0 Å². The number of aromatic nitrogens is 2. The lowest BCUT2D eigenvalue weighted by Gasteiger charge is -2.22. The van der Waals surface area contributed by atoms with Crippen molar-refractivity contribution in [2.45, 2.75) is 49.7 Å². The molecule has 1 aliphatic heterocycles. The number of carbonyl (C=O) groups is 1. The lowest BCUT2D eigenvalue weighted by molar-refractivity contribution is 0.0981. The molecule has 10 heteroatoms. The summed E-state index contributed by atoms with van der Waals surface area (Å²) in [7, 11) is -4.23. The maximum atomic E-state index is 12.9. The van der Waals surface area contributed by atoms with Crippen LogP contribution in [0.4, 0.5) is 5.82 Å². The van der Waals surface area contributed by atoms with Crippen molar-refractivity contribution >= 4 is 33.3 Å². The summed E-state index contributed by atoms with van der Waals surface area (Å²) in [6, 6.07) is 17.5. The van der Waals surface area contributed by atoms with E-state index in [1.54, 1.807) is 12.1 Å². The third kappa shape index (κ3) is 6.60. The predicted octanol–water partition coefficient (Wildman–Crippen LogP) is 4.57. The average Bonchev–Trinajstić information content (AvgIpc) is 3.21. The first-order valence-electron chi connectivity index (χ1n) is 11.8. The molecule has 1 aliphatic rings. The number of benzene rings is 1. The maximum absolute atomic E-state index is 12.9. The van der Waals surface area contributed by atoms with E-state index in [1.807, 2.05) is 35.1 Å². The van der Waals surface area contributed by atoms with E-state index in [1.165, 1.54) is 24.4 Å². The fourth-order valence-corrected chi connectivity index (χ4v) is 5.65. The molecule has 1 amide bonds. The molecule has 1 fully saturated rings. The number of anilines is 1. The van der Waals surface area contributed by atoms with E-state index in [0.717, 1.165) is 31.4 Å². The van der Waals surface area contributed by atoms with E-state index in [9.17, 15) is 13.2 Å². The zero-order valence-corrected chi connectivity index (χ0v) is 21.8. The molecule has 1 unspecified atom stereocenters. The number of halogens is 1. The Bertz CT molecular complexity index is 1320. The minimum Gasteiger partial charge on any atom is -0.363 e. The molecule has 0 spiro atoms. The van der Waals surface area contributed by atoms with E-state index in [4.69, 9.17) is 11.6 Å². The Hall–Kier alpha value is -3.01. The van der Waals surface area contributed by atoms with Crippen LogP contribution in [0.3, 0.4) is 0 Å². The number of hydrogen-bond acceptors (Lipinski definition) is 7. The van der Waals surface area contributed by atoms with Crippen LogP contribution in [0.1, 0.15) is 55.1 Å². The van der Waals surface area contributed by atoms with Gasteiger partial charge in [0.05, 0.1) is 11.6 Å². The van der Waals surface area contributed by atoms with E-state index >= 15 is 0 Å². The molecule has 3 N–H and O–H groups in total. The van der Waals surface area contributed by atoms with Crippen LogP contribution >= 0.6 is 11.6 Å². The smallest absolute Gasteiger partial charge is 0.281 e. The Morgan fingerprint density at radius 2 is 1.92 bits per heavy atom. The highest BCUT2D eigenvalue weighted by Crippen LogP contribution is 2.31. The van der Waals surface area contributed by atoms with Crippen LogP contribution in [-0.4, -0.2) is 36.4 Å². The standard InChI is InChI=1S/C26H30ClN5O3S/c1-26(2)16-18(17-29-26)13-14-21(19-8-4-3-5-9-19)30-22-11-6-12-23(31-22)36(34,35)32-25(33)20-10-7-15-28-24(20)27/h3-12,15,18,21,29H,13-14,16-17H2,1-2H3,(H,30,31)(H,32,33)/t18-,21?/m0/s1. The van der Waals surface area contributed by atoms with Gasteiger partial charge in [0.15, 0.2) is 5.03 Å². The topological polar surface area (TPSA) is 113 Å². The van der Waals surface area contributed by atoms with Crippen LogP contribution in [0.25, 0.3) is 0 Å². The molecule has 2 aromatic heterocycles. The highest BCUT2D eigenvalue weighted by atomic mass is 35.5. The van der Waals surface area contributed by atoms with Gasteiger partial charge in [-0.05, 0) is 75.4 Å². The van der Waals surface area contributed by atoms with Crippen molar-refractivity contribution in [1.29, 1.82) is 0 Å². The molecule has 0 radical (unpaired) electrons. The minimum atomic E-state index is -4.23. The number of rotatable bonds is 9. The van der Waals surface area contributed by atoms with Crippen LogP contribution in [0, 0.1) is 5.92 Å². The number of hydrogen-bond donors (Lipinski definition) is 3. The Balaban J connectivity index is 1.50. The van der Waals surface area contributed by atoms with Gasteiger partial charge in [0.2, 0.25) is 0 Å². The molecule has 8 nitrogen and oxygen atoms in total. The molecule has 0 aliphatic carbocycles. The van der Waals surface area contributed by atoms with Crippen molar-refractivity contribution in [2.75, 3.05) is 11.9 Å². The van der Waals surface area contributed by atoms with Crippen LogP contribution in [0.5, 0.6) is 0 Å². The van der Waals surface area contributed by atoms with Crippen LogP contribution in [0.15, 0.2) is 71.9 Å². The fraction of sp³-hybridized carbons (Fsp3) is 0.346. The van der Waals surface area contributed by atoms with E-state index in [2.05, 4.69) is 34.4 Å². The number of pyridine rings is 2. The number of nitrogens with one attached hydrogen (secondary N) is 3. The molecule has 190 valence electrons. The molecule has 1 saturated heterocycles. The van der Waals surface area contributed by atoms with Gasteiger partial charge in [-0.3, -0.25) is 4.79 Å². The molecule has 1 aromatic carbocycles. The third-order valence-corrected chi connectivity index (χ3v) is 7.82. The first-order valence-corrected chi connectivity index (χ1v) is 13.7. The number of amides is 1. The summed E-state index contributed by atoms with van der Waals surface area (Å²) < 4.78 is 27.8. The lowest BCUT2D eigenvalue weighted by Crippen LogP contribution is -2.31. The summed E-state index contributed by atoms with van der Waals surface area (Å²) in [6.45, 7) is 5.43. The van der Waals surface area contributed by atoms with Gasteiger partial charge >= 0.3 is 0 Å². The van der Waals surface area contributed by atoms with Gasteiger partial charge in [0.25, 0.3) is 15.9 Å². The molecular weight excluding hydrogens is 498 g/mol. The summed E-state index contributed by atoms with van der Waals surface area (Å²) in [4.78, 5) is 20.6. The number of sulfonamides is 1. The van der Waals surface area contributed by atoms with E-state index in [-0.39, 0.29) is 27.3 Å². The molecule has 4 rings (SSSR count). The molecule has 3 heterocycles. The van der Waals surface area contributed by atoms with Crippen LogP contribution < -0.4 is 15.4 Å². The van der Waals surface area contributed by atoms with Gasteiger partial charge in [0, 0.05) is 11.7 Å². The Morgan fingerprint density at radius 1 is 1.14 bits per heavy atom. The summed E-state index contributed by atoms with van der Waals surface area (Å²) in [6.07, 6.45) is 4.41. The van der Waals surface area contributed by atoms with Crippen molar-refractivity contribution in [3.05, 3.63) is 83.1 Å². The van der Waals surface area contributed by atoms with Gasteiger partial charge in [-0.15, -0.1) is 0 Å². The quantitative estimate of drug-likeness (QED) is 0.349. The molecule has 36 heavy (non-hydrogen) atoms. The molecular formula is C26H30ClN5O3S. The lowest BCUT2D eigenvalue weighted by atomic mass is 9.91. The molecule has 3 aromatic rings. The van der Waals surface area contributed by atoms with Crippen molar-refractivity contribution in [1.82, 2.24) is 20.0 Å². The van der Waals surface area contributed by atoms with Gasteiger partial charge in [-0.25, -0.2) is 14.7 Å². The van der Waals surface area contributed by atoms with Gasteiger partial charge in [0.1, 0.15) is 11.0 Å². The van der Waals surface area contributed by atoms with Crippen molar-refractivity contribution < 1.29 is 13.2 Å². The first kappa shape index (κ1) is 26.1. The highest BCUT2D eigenvalue weighted by molar-refractivity contribution is 7.90. The zero-order chi connectivity index (χ0) is 25.8. The predicted molar refractivity (Wildman–Crippen MR) is 140 cm³/mol. The van der Waals surface area contributed by atoms with Crippen molar-refractivity contribution in [2.24, 2.45) is 5.92 Å². The number of carbonyl (C=O) groups excluding carboxylic acids is 1. The summed E-state index contributed by atoms with van der Waals surface area (Å²) in [5.41, 5.74) is 1.21. The SMILES string of the molecule is CC1(C)C[C@H](CCC(Nc2cccc(S(=O)(=O)NC(=O)c3cccnc3Cl)n2)c2ccccc2)CN1. The summed E-state index contributed by atoms with van der Waals surface area (Å²) in [5, 5.41) is 6.62. The second kappa shape index (κ2) is 10.9. The normalized spacial score (nSPS) is 17.9. The summed E-state index contributed by atoms with van der Waals surface area (Å²) in [5.74, 6) is 0.106. The zero-order valence-electron chi connectivity index (χ0n) is 20.2. The van der Waals surface area contributed by atoms with Gasteiger partial charge in [-0.2, -0.15) is 8.42 Å². The Morgan fingerprint density at radius 3 is 2.61 bits per heavy atom. The monoisotopic (exact) mass is 527 g/mol.